The van der Waals surface area contributed by atoms with Crippen LogP contribution in [0.25, 0.3) is 11.3 Å². The molecular formula is C9H8N2O2. The Bertz CT molecular complexity index is 406. The SMILES string of the molecule is Cc1ccc(-c2c[n+]([O-])on2)cc1. The van der Waals surface area contributed by atoms with Crippen molar-refractivity contribution in [3.8, 4) is 11.3 Å². The monoisotopic (exact) mass is 176 g/mol. The molecule has 0 saturated heterocycles. The number of aryl methyl sites for hydroxylation is 1. The van der Waals surface area contributed by atoms with Crippen LogP contribution in [0, 0.1) is 12.1 Å². The van der Waals surface area contributed by atoms with Gasteiger partial charge in [-0.15, -0.1) is 0 Å². The first-order valence-electron chi connectivity index (χ1n) is 3.89. The van der Waals surface area contributed by atoms with E-state index in [-0.39, 0.29) is 0 Å². The predicted octanol–water partition coefficient (Wildman–Crippen LogP) is 1.28. The van der Waals surface area contributed by atoms with E-state index in [0.29, 0.717) is 10.6 Å². The molecule has 0 aliphatic heterocycles. The molecular weight excluding hydrogens is 168 g/mol. The van der Waals surface area contributed by atoms with E-state index in [1.807, 2.05) is 31.2 Å². The van der Waals surface area contributed by atoms with Crippen molar-refractivity contribution in [3.05, 3.63) is 41.2 Å². The Labute approximate surface area is 74.9 Å². The lowest BCUT2D eigenvalue weighted by Gasteiger charge is -1.91. The first-order chi connectivity index (χ1) is 6.25. The Hall–Kier alpha value is -1.84. The first kappa shape index (κ1) is 7.79. The molecule has 0 aliphatic carbocycles. The lowest BCUT2D eigenvalue weighted by molar-refractivity contribution is -0.802. The van der Waals surface area contributed by atoms with Crippen LogP contribution in [-0.4, -0.2) is 5.16 Å². The van der Waals surface area contributed by atoms with Crippen molar-refractivity contribution in [2.24, 2.45) is 0 Å². The minimum atomic E-state index is 0.329. The van der Waals surface area contributed by atoms with Crippen molar-refractivity contribution in [3.63, 3.8) is 0 Å². The second kappa shape index (κ2) is 2.90. The fourth-order valence-electron chi connectivity index (χ4n) is 1.08. The van der Waals surface area contributed by atoms with E-state index in [2.05, 4.69) is 9.79 Å². The lowest BCUT2D eigenvalue weighted by atomic mass is 10.1. The van der Waals surface area contributed by atoms with Crippen LogP contribution in [-0.2, 0) is 0 Å². The van der Waals surface area contributed by atoms with Gasteiger partial charge in [-0.3, -0.25) is 4.63 Å². The maximum Gasteiger partial charge on any atom is 0.248 e. The Morgan fingerprint density at radius 2 is 2.00 bits per heavy atom. The zero-order valence-electron chi connectivity index (χ0n) is 7.10. The molecule has 1 heterocycles. The summed E-state index contributed by atoms with van der Waals surface area (Å²) in [6.45, 7) is 2.00. The van der Waals surface area contributed by atoms with E-state index >= 15 is 0 Å². The molecule has 0 spiro atoms. The molecule has 1 aromatic heterocycles. The minimum absolute atomic E-state index is 0.329. The Balaban J connectivity index is 2.41. The summed E-state index contributed by atoms with van der Waals surface area (Å²) >= 11 is 0. The minimum Gasteiger partial charge on any atom is -0.360 e. The van der Waals surface area contributed by atoms with E-state index in [9.17, 15) is 5.21 Å². The molecule has 0 fully saturated rings. The molecule has 13 heavy (non-hydrogen) atoms. The van der Waals surface area contributed by atoms with Gasteiger partial charge in [0.2, 0.25) is 5.69 Å². The van der Waals surface area contributed by atoms with E-state index in [0.717, 1.165) is 5.56 Å². The maximum absolute atomic E-state index is 10.6. The third-order valence-corrected chi connectivity index (χ3v) is 1.79. The average Bonchev–Trinajstić information content (AvgIpc) is 2.53. The summed E-state index contributed by atoms with van der Waals surface area (Å²) < 4.78 is 4.36. The molecule has 0 N–H and O–H groups in total. The van der Waals surface area contributed by atoms with Gasteiger partial charge in [0.1, 0.15) is 0 Å². The van der Waals surface area contributed by atoms with Gasteiger partial charge in [-0.2, -0.15) is 0 Å². The molecule has 0 aliphatic rings. The van der Waals surface area contributed by atoms with Crippen molar-refractivity contribution in [1.29, 1.82) is 0 Å². The van der Waals surface area contributed by atoms with Crippen molar-refractivity contribution >= 4 is 0 Å². The van der Waals surface area contributed by atoms with Crippen LogP contribution in [0.1, 0.15) is 5.56 Å². The van der Waals surface area contributed by atoms with E-state index < -0.39 is 0 Å². The second-order valence-corrected chi connectivity index (χ2v) is 2.84. The summed E-state index contributed by atoms with van der Waals surface area (Å²) in [5.41, 5.74) is 2.60. The van der Waals surface area contributed by atoms with Gasteiger partial charge in [0.15, 0.2) is 6.20 Å². The summed E-state index contributed by atoms with van der Waals surface area (Å²) in [6.07, 6.45) is 1.30. The van der Waals surface area contributed by atoms with Crippen LogP contribution in [0.5, 0.6) is 0 Å². The summed E-state index contributed by atoms with van der Waals surface area (Å²) in [5, 5.41) is 14.2. The van der Waals surface area contributed by atoms with Crippen molar-refractivity contribution in [2.75, 3.05) is 0 Å². The molecule has 1 aromatic carbocycles. The maximum atomic E-state index is 10.6. The molecule has 4 heteroatoms. The van der Waals surface area contributed by atoms with Gasteiger partial charge in [0, 0.05) is 10.7 Å². The largest absolute Gasteiger partial charge is 0.360 e. The van der Waals surface area contributed by atoms with Crippen LogP contribution in [0.15, 0.2) is 35.1 Å². The molecule has 0 saturated carbocycles. The van der Waals surface area contributed by atoms with Gasteiger partial charge >= 0.3 is 0 Å². The molecule has 4 nitrogen and oxygen atoms in total. The van der Waals surface area contributed by atoms with Crippen LogP contribution >= 0.6 is 0 Å². The van der Waals surface area contributed by atoms with Gasteiger partial charge in [-0.1, -0.05) is 29.8 Å². The van der Waals surface area contributed by atoms with Gasteiger partial charge < -0.3 is 5.21 Å². The summed E-state index contributed by atoms with van der Waals surface area (Å²) in [5.74, 6) is 0. The number of hydrogen-bond donors (Lipinski definition) is 0. The molecule has 0 amide bonds. The third kappa shape index (κ3) is 1.51. The second-order valence-electron chi connectivity index (χ2n) is 2.84. The molecule has 0 unspecified atom stereocenters. The molecule has 0 radical (unpaired) electrons. The van der Waals surface area contributed by atoms with Gasteiger partial charge in [0.05, 0.1) is 0 Å². The fourth-order valence-corrected chi connectivity index (χ4v) is 1.08. The smallest absolute Gasteiger partial charge is 0.248 e. The third-order valence-electron chi connectivity index (χ3n) is 1.79. The van der Waals surface area contributed by atoms with Gasteiger partial charge in [0.25, 0.3) is 0 Å². The van der Waals surface area contributed by atoms with Gasteiger partial charge in [-0.25, -0.2) is 0 Å². The van der Waals surface area contributed by atoms with Crippen molar-refractivity contribution < 1.29 is 9.53 Å². The number of hydrogen-bond acceptors (Lipinski definition) is 3. The van der Waals surface area contributed by atoms with Crippen LogP contribution in [0.4, 0.5) is 0 Å². The highest BCUT2D eigenvalue weighted by molar-refractivity contribution is 5.56. The van der Waals surface area contributed by atoms with E-state index in [1.165, 1.54) is 11.8 Å². The topological polar surface area (TPSA) is 53.0 Å². The lowest BCUT2D eigenvalue weighted by Crippen LogP contribution is -2.20. The fraction of sp³-hybridized carbons (Fsp3) is 0.111. The Morgan fingerprint density at radius 1 is 1.31 bits per heavy atom. The highest BCUT2D eigenvalue weighted by Gasteiger charge is 2.07. The number of benzene rings is 1. The van der Waals surface area contributed by atoms with E-state index in [4.69, 9.17) is 0 Å². The van der Waals surface area contributed by atoms with Crippen LogP contribution in [0.2, 0.25) is 0 Å². The molecule has 0 bridgehead atoms. The predicted molar refractivity (Wildman–Crippen MR) is 45.6 cm³/mol. The van der Waals surface area contributed by atoms with Gasteiger partial charge in [-0.05, 0) is 11.8 Å². The molecule has 66 valence electrons. The zero-order chi connectivity index (χ0) is 9.26. The van der Waals surface area contributed by atoms with Crippen molar-refractivity contribution in [1.82, 2.24) is 5.16 Å². The summed E-state index contributed by atoms with van der Waals surface area (Å²) in [4.78, 5) is 0.329. The Kier molecular flexibility index (Phi) is 1.73. The normalized spacial score (nSPS) is 10.2. The van der Waals surface area contributed by atoms with Crippen LogP contribution in [0.3, 0.4) is 0 Å². The quantitative estimate of drug-likeness (QED) is 0.615. The highest BCUT2D eigenvalue weighted by atomic mass is 16.8. The van der Waals surface area contributed by atoms with Crippen LogP contribution < -0.4 is 4.90 Å². The van der Waals surface area contributed by atoms with E-state index in [1.54, 1.807) is 0 Å². The standard InChI is InChI=1S/C9H8N2O2/c1-7-2-4-8(5-3-7)9-6-11(12)13-10-9/h2-6H,1H3. The number of nitrogens with zero attached hydrogens (tertiary/aromatic N) is 2. The highest BCUT2D eigenvalue weighted by Crippen LogP contribution is 2.15. The number of aromatic nitrogens is 2. The summed E-state index contributed by atoms with van der Waals surface area (Å²) in [7, 11) is 0. The van der Waals surface area contributed by atoms with Crippen molar-refractivity contribution in [2.45, 2.75) is 6.92 Å². The summed E-state index contributed by atoms with van der Waals surface area (Å²) in [6, 6.07) is 7.71. The molecule has 0 atom stereocenters. The number of rotatable bonds is 1. The first-order valence-corrected chi connectivity index (χ1v) is 3.89. The zero-order valence-corrected chi connectivity index (χ0v) is 7.10. The Morgan fingerprint density at radius 3 is 2.54 bits per heavy atom. The molecule has 2 aromatic rings. The average molecular weight is 176 g/mol. The molecule has 2 rings (SSSR count).